The number of morpholine rings is 1. The first-order valence-corrected chi connectivity index (χ1v) is 6.72. The van der Waals surface area contributed by atoms with Crippen LogP contribution in [0.4, 0.5) is 5.82 Å². The molecule has 1 aromatic rings. The molecule has 0 radical (unpaired) electrons. The average molecular weight is 249 g/mol. The minimum atomic E-state index is 0.252. The smallest absolute Gasteiger partial charge is 0.129 e. The first-order valence-electron chi connectivity index (χ1n) is 6.72. The standard InChI is InChI=1S/C14H23N3O/c1-4-13-5-12(7-15)6-14(16-13)17-8-10(2)18-11(3)9-17/h5-6,10-11H,4,7-9,15H2,1-3H3/t10-,11+. The Kier molecular flexibility index (Phi) is 4.19. The number of aromatic nitrogens is 1. The van der Waals surface area contributed by atoms with Gasteiger partial charge in [-0.3, -0.25) is 0 Å². The molecule has 0 spiro atoms. The van der Waals surface area contributed by atoms with Crippen molar-refractivity contribution in [3.05, 3.63) is 23.4 Å². The van der Waals surface area contributed by atoms with E-state index < -0.39 is 0 Å². The zero-order valence-electron chi connectivity index (χ0n) is 11.5. The Morgan fingerprint density at radius 3 is 2.56 bits per heavy atom. The molecule has 2 N–H and O–H groups in total. The first kappa shape index (κ1) is 13.3. The van der Waals surface area contributed by atoms with E-state index in [1.54, 1.807) is 0 Å². The molecule has 4 nitrogen and oxygen atoms in total. The molecule has 2 atom stereocenters. The number of nitrogens with zero attached hydrogens (tertiary/aromatic N) is 2. The molecule has 1 aromatic heterocycles. The van der Waals surface area contributed by atoms with Gasteiger partial charge in [0.05, 0.1) is 12.2 Å². The molecule has 18 heavy (non-hydrogen) atoms. The molecule has 0 bridgehead atoms. The maximum absolute atomic E-state index is 5.76. The van der Waals surface area contributed by atoms with Crippen molar-refractivity contribution in [1.29, 1.82) is 0 Å². The molecule has 1 saturated heterocycles. The highest BCUT2D eigenvalue weighted by Crippen LogP contribution is 2.20. The molecule has 1 aliphatic heterocycles. The summed E-state index contributed by atoms with van der Waals surface area (Å²) in [6.07, 6.45) is 1.44. The highest BCUT2D eigenvalue weighted by atomic mass is 16.5. The van der Waals surface area contributed by atoms with Crippen molar-refractivity contribution in [3.63, 3.8) is 0 Å². The summed E-state index contributed by atoms with van der Waals surface area (Å²) < 4.78 is 5.76. The molecular weight excluding hydrogens is 226 g/mol. The predicted octanol–water partition coefficient (Wildman–Crippen LogP) is 1.72. The van der Waals surface area contributed by atoms with E-state index >= 15 is 0 Å². The van der Waals surface area contributed by atoms with Crippen molar-refractivity contribution in [3.8, 4) is 0 Å². The number of hydrogen-bond donors (Lipinski definition) is 1. The summed E-state index contributed by atoms with van der Waals surface area (Å²) in [4.78, 5) is 7.01. The van der Waals surface area contributed by atoms with E-state index in [9.17, 15) is 0 Å². The Balaban J connectivity index is 2.25. The lowest BCUT2D eigenvalue weighted by atomic mass is 10.1. The van der Waals surface area contributed by atoms with Gasteiger partial charge in [0.1, 0.15) is 5.82 Å². The summed E-state index contributed by atoms with van der Waals surface area (Å²) in [5.41, 5.74) is 8.02. The van der Waals surface area contributed by atoms with Gasteiger partial charge in [0.25, 0.3) is 0 Å². The number of hydrogen-bond acceptors (Lipinski definition) is 4. The van der Waals surface area contributed by atoms with Crippen LogP contribution in [0.1, 0.15) is 32.0 Å². The Labute approximate surface area is 109 Å². The van der Waals surface area contributed by atoms with Crippen molar-refractivity contribution in [2.45, 2.75) is 45.9 Å². The number of pyridine rings is 1. The number of ether oxygens (including phenoxy) is 1. The van der Waals surface area contributed by atoms with Crippen LogP contribution in [0.2, 0.25) is 0 Å². The molecule has 2 heterocycles. The van der Waals surface area contributed by atoms with Crippen LogP contribution < -0.4 is 10.6 Å². The van der Waals surface area contributed by atoms with E-state index in [1.165, 1.54) is 0 Å². The summed E-state index contributed by atoms with van der Waals surface area (Å²) in [6, 6.07) is 4.20. The number of aryl methyl sites for hydroxylation is 1. The zero-order chi connectivity index (χ0) is 13.1. The van der Waals surface area contributed by atoms with E-state index in [0.29, 0.717) is 6.54 Å². The van der Waals surface area contributed by atoms with Gasteiger partial charge in [-0.05, 0) is 38.0 Å². The van der Waals surface area contributed by atoms with Gasteiger partial charge in [-0.2, -0.15) is 0 Å². The fourth-order valence-electron chi connectivity index (χ4n) is 2.46. The van der Waals surface area contributed by atoms with Gasteiger partial charge in [-0.1, -0.05) is 6.92 Å². The molecule has 4 heteroatoms. The molecule has 0 unspecified atom stereocenters. The summed E-state index contributed by atoms with van der Waals surface area (Å²) in [7, 11) is 0. The van der Waals surface area contributed by atoms with Crippen LogP contribution in [-0.4, -0.2) is 30.3 Å². The third kappa shape index (κ3) is 3.00. The summed E-state index contributed by atoms with van der Waals surface area (Å²) in [5, 5.41) is 0. The van der Waals surface area contributed by atoms with Crippen molar-refractivity contribution < 1.29 is 4.74 Å². The lowest BCUT2D eigenvalue weighted by molar-refractivity contribution is -0.00547. The van der Waals surface area contributed by atoms with E-state index in [-0.39, 0.29) is 12.2 Å². The van der Waals surface area contributed by atoms with Crippen molar-refractivity contribution in [2.24, 2.45) is 5.73 Å². The molecule has 100 valence electrons. The van der Waals surface area contributed by atoms with Gasteiger partial charge in [0.15, 0.2) is 0 Å². The number of anilines is 1. The van der Waals surface area contributed by atoms with Gasteiger partial charge in [-0.15, -0.1) is 0 Å². The van der Waals surface area contributed by atoms with Crippen LogP contribution in [0.25, 0.3) is 0 Å². The molecule has 0 saturated carbocycles. The molecule has 0 amide bonds. The summed E-state index contributed by atoms with van der Waals surface area (Å²) >= 11 is 0. The van der Waals surface area contributed by atoms with Crippen LogP contribution in [0.3, 0.4) is 0 Å². The molecular formula is C14H23N3O. The van der Waals surface area contributed by atoms with E-state index in [1.807, 2.05) is 0 Å². The van der Waals surface area contributed by atoms with E-state index in [4.69, 9.17) is 15.5 Å². The molecule has 0 aliphatic carbocycles. The van der Waals surface area contributed by atoms with Crippen LogP contribution in [-0.2, 0) is 17.7 Å². The topological polar surface area (TPSA) is 51.4 Å². The largest absolute Gasteiger partial charge is 0.372 e. The van der Waals surface area contributed by atoms with Crippen molar-refractivity contribution in [2.75, 3.05) is 18.0 Å². The Hall–Kier alpha value is -1.13. The SMILES string of the molecule is CCc1cc(CN)cc(N2C[C@@H](C)O[C@@H](C)C2)n1. The minimum Gasteiger partial charge on any atom is -0.372 e. The minimum absolute atomic E-state index is 0.252. The predicted molar refractivity (Wildman–Crippen MR) is 73.7 cm³/mol. The van der Waals surface area contributed by atoms with Gasteiger partial charge in [-0.25, -0.2) is 4.98 Å². The van der Waals surface area contributed by atoms with Crippen LogP contribution in [0.5, 0.6) is 0 Å². The van der Waals surface area contributed by atoms with E-state index in [0.717, 1.165) is 36.6 Å². The molecule has 1 fully saturated rings. The Morgan fingerprint density at radius 2 is 2.00 bits per heavy atom. The molecule has 2 rings (SSSR count). The second kappa shape index (κ2) is 5.67. The average Bonchev–Trinajstić information content (AvgIpc) is 2.37. The van der Waals surface area contributed by atoms with E-state index in [2.05, 4.69) is 37.8 Å². The highest BCUT2D eigenvalue weighted by Gasteiger charge is 2.23. The van der Waals surface area contributed by atoms with Gasteiger partial charge in [0.2, 0.25) is 0 Å². The van der Waals surface area contributed by atoms with Crippen molar-refractivity contribution in [1.82, 2.24) is 4.98 Å². The van der Waals surface area contributed by atoms with Gasteiger partial charge >= 0.3 is 0 Å². The van der Waals surface area contributed by atoms with Gasteiger partial charge < -0.3 is 15.4 Å². The second-order valence-electron chi connectivity index (χ2n) is 5.04. The van der Waals surface area contributed by atoms with Crippen LogP contribution >= 0.6 is 0 Å². The summed E-state index contributed by atoms with van der Waals surface area (Å²) in [5.74, 6) is 1.04. The first-order chi connectivity index (χ1) is 8.62. The zero-order valence-corrected chi connectivity index (χ0v) is 11.5. The number of nitrogens with two attached hydrogens (primary N) is 1. The quantitative estimate of drug-likeness (QED) is 0.886. The maximum atomic E-state index is 5.76. The van der Waals surface area contributed by atoms with Crippen molar-refractivity contribution >= 4 is 5.82 Å². The fourth-order valence-corrected chi connectivity index (χ4v) is 2.46. The number of rotatable bonds is 3. The lowest BCUT2D eigenvalue weighted by Crippen LogP contribution is -2.46. The highest BCUT2D eigenvalue weighted by molar-refractivity contribution is 5.43. The molecule has 0 aromatic carbocycles. The Morgan fingerprint density at radius 1 is 1.33 bits per heavy atom. The second-order valence-corrected chi connectivity index (χ2v) is 5.04. The lowest BCUT2D eigenvalue weighted by Gasteiger charge is -2.36. The van der Waals surface area contributed by atoms with Crippen LogP contribution in [0.15, 0.2) is 12.1 Å². The van der Waals surface area contributed by atoms with Crippen LogP contribution in [0, 0.1) is 0 Å². The molecule has 1 aliphatic rings. The third-order valence-electron chi connectivity index (χ3n) is 3.27. The fraction of sp³-hybridized carbons (Fsp3) is 0.643. The van der Waals surface area contributed by atoms with Gasteiger partial charge in [0, 0.05) is 25.3 Å². The summed E-state index contributed by atoms with van der Waals surface area (Å²) in [6.45, 7) is 8.70. The third-order valence-corrected chi connectivity index (χ3v) is 3.27. The maximum Gasteiger partial charge on any atom is 0.129 e. The Bertz CT molecular complexity index is 376. The normalized spacial score (nSPS) is 24.3. The monoisotopic (exact) mass is 249 g/mol.